The van der Waals surface area contributed by atoms with E-state index in [4.69, 9.17) is 20.3 Å². The molecule has 0 aliphatic carbocycles. The first-order chi connectivity index (χ1) is 21.2. The Morgan fingerprint density at radius 1 is 1.07 bits per heavy atom. The summed E-state index contributed by atoms with van der Waals surface area (Å²) < 4.78 is 51.4. The Hall–Kier alpha value is -4.43. The number of alkyl halides is 3. The number of rotatable bonds is 11. The molecule has 14 heteroatoms. The van der Waals surface area contributed by atoms with Crippen molar-refractivity contribution in [2.24, 2.45) is 0 Å². The zero-order valence-electron chi connectivity index (χ0n) is 24.1. The predicted octanol–water partition coefficient (Wildman–Crippen LogP) is 4.13. The molecule has 232 valence electrons. The third kappa shape index (κ3) is 7.03. The standard InChI is InChI=1S/C30H32F3N7O4/c1-43-13-14-44-12-9-25(42)39-11-2-3-23(17-39)40-29-26(28(34)36-18-37-29)27(38-40)20-6-4-19(5-7-20)24(41)16-22-15-21(8-10-35-22)30(31,32)33/h4-8,10,15,18,23H,2-3,9,11-14,16-17H2,1H3,(H2,34,36,37)/t23-/m1/s1. The number of aromatic nitrogens is 5. The smallest absolute Gasteiger partial charge is 0.383 e. The number of hydrogen-bond donors (Lipinski definition) is 1. The van der Waals surface area contributed by atoms with E-state index in [0.29, 0.717) is 60.8 Å². The second kappa shape index (κ2) is 13.5. The van der Waals surface area contributed by atoms with E-state index in [1.54, 1.807) is 36.1 Å². The Morgan fingerprint density at radius 3 is 2.61 bits per heavy atom. The second-order valence-corrected chi connectivity index (χ2v) is 10.5. The van der Waals surface area contributed by atoms with Gasteiger partial charge in [0.15, 0.2) is 11.4 Å². The van der Waals surface area contributed by atoms with E-state index in [-0.39, 0.29) is 42.1 Å². The zero-order chi connectivity index (χ0) is 31.3. The molecule has 0 bridgehead atoms. The average Bonchev–Trinajstić information content (AvgIpc) is 3.42. The maximum atomic E-state index is 13.1. The molecule has 0 spiro atoms. The molecule has 5 rings (SSSR count). The molecule has 0 saturated carbocycles. The van der Waals surface area contributed by atoms with Crippen LogP contribution in [0.5, 0.6) is 0 Å². The highest BCUT2D eigenvalue weighted by Crippen LogP contribution is 2.34. The number of ketones is 1. The molecule has 1 aliphatic heterocycles. The number of Topliss-reactive ketones (excluding diaryl/α,β-unsaturated/α-hetero) is 1. The molecule has 1 saturated heterocycles. The van der Waals surface area contributed by atoms with Crippen molar-refractivity contribution in [2.45, 2.75) is 37.9 Å². The van der Waals surface area contributed by atoms with Gasteiger partial charge in [-0.1, -0.05) is 24.3 Å². The first kappa shape index (κ1) is 31.0. The number of nitrogens with two attached hydrogens (primary N) is 1. The SMILES string of the molecule is COCCOCCC(=O)N1CCC[C@@H](n2nc(-c3ccc(C(=O)Cc4cc(C(F)(F)F)ccn4)cc3)c3c(N)ncnc32)C1. The summed E-state index contributed by atoms with van der Waals surface area (Å²) in [6, 6.07) is 8.18. The molecule has 4 heterocycles. The number of amides is 1. The molecule has 3 aromatic heterocycles. The van der Waals surface area contributed by atoms with Crippen molar-refractivity contribution in [1.82, 2.24) is 29.6 Å². The monoisotopic (exact) mass is 611 g/mol. The van der Waals surface area contributed by atoms with Gasteiger partial charge in [0.1, 0.15) is 17.8 Å². The van der Waals surface area contributed by atoms with Crippen LogP contribution in [-0.4, -0.2) is 81.3 Å². The summed E-state index contributed by atoms with van der Waals surface area (Å²) in [4.78, 5) is 40.1. The molecule has 1 aromatic carbocycles. The van der Waals surface area contributed by atoms with E-state index in [2.05, 4.69) is 15.0 Å². The Labute approximate surface area is 251 Å². The lowest BCUT2D eigenvalue weighted by Gasteiger charge is -2.33. The van der Waals surface area contributed by atoms with Crippen molar-refractivity contribution in [3.8, 4) is 11.3 Å². The average molecular weight is 612 g/mol. The van der Waals surface area contributed by atoms with Gasteiger partial charge < -0.3 is 20.1 Å². The Morgan fingerprint density at radius 2 is 1.86 bits per heavy atom. The van der Waals surface area contributed by atoms with Gasteiger partial charge in [-0.25, -0.2) is 14.6 Å². The van der Waals surface area contributed by atoms with Crippen molar-refractivity contribution >= 4 is 28.5 Å². The lowest BCUT2D eigenvalue weighted by molar-refractivity contribution is -0.137. The van der Waals surface area contributed by atoms with E-state index >= 15 is 0 Å². The first-order valence-corrected chi connectivity index (χ1v) is 14.1. The number of nitrogens with zero attached hydrogens (tertiary/aromatic N) is 6. The predicted molar refractivity (Wildman–Crippen MR) is 155 cm³/mol. The summed E-state index contributed by atoms with van der Waals surface area (Å²) in [5.74, 6) is -0.139. The van der Waals surface area contributed by atoms with Gasteiger partial charge in [-0.15, -0.1) is 0 Å². The van der Waals surface area contributed by atoms with Crippen LogP contribution in [0.1, 0.15) is 46.9 Å². The Kier molecular flexibility index (Phi) is 9.49. The van der Waals surface area contributed by atoms with Crippen molar-refractivity contribution in [3.63, 3.8) is 0 Å². The lowest BCUT2D eigenvalue weighted by Crippen LogP contribution is -2.41. The largest absolute Gasteiger partial charge is 0.416 e. The maximum Gasteiger partial charge on any atom is 0.416 e. The van der Waals surface area contributed by atoms with Gasteiger partial charge in [0.05, 0.1) is 49.7 Å². The number of carbonyl (C=O) groups excluding carboxylic acids is 2. The normalized spacial score (nSPS) is 15.5. The summed E-state index contributed by atoms with van der Waals surface area (Å²) in [7, 11) is 1.59. The molecule has 1 aliphatic rings. The van der Waals surface area contributed by atoms with Crippen molar-refractivity contribution in [1.29, 1.82) is 0 Å². The zero-order valence-corrected chi connectivity index (χ0v) is 24.1. The number of fused-ring (bicyclic) bond motifs is 1. The summed E-state index contributed by atoms with van der Waals surface area (Å²) in [6.07, 6.45) is -0.552. The van der Waals surface area contributed by atoms with Crippen molar-refractivity contribution in [2.75, 3.05) is 45.8 Å². The minimum Gasteiger partial charge on any atom is -0.383 e. The number of hydrogen-bond acceptors (Lipinski definition) is 9. The molecule has 1 amide bonds. The third-order valence-corrected chi connectivity index (χ3v) is 7.47. The van der Waals surface area contributed by atoms with E-state index in [9.17, 15) is 22.8 Å². The number of ether oxygens (including phenoxy) is 2. The van der Waals surface area contributed by atoms with Gasteiger partial charge in [0.2, 0.25) is 5.91 Å². The third-order valence-electron chi connectivity index (χ3n) is 7.47. The fraction of sp³-hybridized carbons (Fsp3) is 0.400. The van der Waals surface area contributed by atoms with Gasteiger partial charge in [0, 0.05) is 43.2 Å². The number of carbonyl (C=O) groups is 2. The number of likely N-dealkylation sites (tertiary alicyclic amines) is 1. The van der Waals surface area contributed by atoms with E-state index in [0.717, 1.165) is 31.2 Å². The molecule has 1 fully saturated rings. The van der Waals surface area contributed by atoms with E-state index in [1.807, 2.05) is 4.90 Å². The molecule has 2 N–H and O–H groups in total. The summed E-state index contributed by atoms with van der Waals surface area (Å²) >= 11 is 0. The molecular weight excluding hydrogens is 579 g/mol. The fourth-order valence-electron chi connectivity index (χ4n) is 5.23. The number of anilines is 1. The Balaban J connectivity index is 1.34. The molecule has 1 atom stereocenters. The summed E-state index contributed by atoms with van der Waals surface area (Å²) in [5.41, 5.74) is 7.47. The summed E-state index contributed by atoms with van der Waals surface area (Å²) in [5, 5.41) is 5.42. The number of pyridine rings is 1. The van der Waals surface area contributed by atoms with Crippen LogP contribution in [0.25, 0.3) is 22.3 Å². The minimum absolute atomic E-state index is 0.00136. The maximum absolute atomic E-state index is 13.1. The van der Waals surface area contributed by atoms with Crippen LogP contribution in [0.15, 0.2) is 48.9 Å². The molecular formula is C30H32F3N7O4. The summed E-state index contributed by atoms with van der Waals surface area (Å²) in [6.45, 7) is 2.31. The van der Waals surface area contributed by atoms with Gasteiger partial charge in [-0.3, -0.25) is 14.6 Å². The van der Waals surface area contributed by atoms with Gasteiger partial charge in [-0.05, 0) is 25.0 Å². The van der Waals surface area contributed by atoms with Gasteiger partial charge in [-0.2, -0.15) is 18.3 Å². The van der Waals surface area contributed by atoms with E-state index < -0.39 is 11.7 Å². The highest BCUT2D eigenvalue weighted by atomic mass is 19.4. The molecule has 44 heavy (non-hydrogen) atoms. The van der Waals surface area contributed by atoms with Crippen molar-refractivity contribution in [3.05, 3.63) is 65.7 Å². The highest BCUT2D eigenvalue weighted by molar-refractivity contribution is 6.00. The highest BCUT2D eigenvalue weighted by Gasteiger charge is 2.31. The second-order valence-electron chi connectivity index (χ2n) is 10.5. The molecule has 0 radical (unpaired) electrons. The number of piperidine rings is 1. The Bertz CT molecular complexity index is 1630. The quantitative estimate of drug-likeness (QED) is 0.196. The molecule has 0 unspecified atom stereocenters. The lowest BCUT2D eigenvalue weighted by atomic mass is 10.0. The van der Waals surface area contributed by atoms with Crippen LogP contribution in [0, 0.1) is 0 Å². The van der Waals surface area contributed by atoms with Crippen LogP contribution in [0.3, 0.4) is 0 Å². The fourth-order valence-corrected chi connectivity index (χ4v) is 5.23. The van der Waals surface area contributed by atoms with Crippen LogP contribution in [-0.2, 0) is 26.9 Å². The van der Waals surface area contributed by atoms with Crippen LogP contribution in [0.4, 0.5) is 19.0 Å². The first-order valence-electron chi connectivity index (χ1n) is 14.1. The number of nitrogen functional groups attached to an aromatic ring is 1. The topological polar surface area (TPSA) is 138 Å². The van der Waals surface area contributed by atoms with Crippen molar-refractivity contribution < 1.29 is 32.2 Å². The van der Waals surface area contributed by atoms with Crippen LogP contribution in [0.2, 0.25) is 0 Å². The molecule has 11 nitrogen and oxygen atoms in total. The number of methoxy groups -OCH3 is 1. The number of benzene rings is 1. The number of halogens is 3. The molecule has 4 aromatic rings. The van der Waals surface area contributed by atoms with Gasteiger partial charge >= 0.3 is 6.18 Å². The van der Waals surface area contributed by atoms with Crippen LogP contribution >= 0.6 is 0 Å². The minimum atomic E-state index is -4.52. The van der Waals surface area contributed by atoms with Gasteiger partial charge in [0.25, 0.3) is 0 Å². The van der Waals surface area contributed by atoms with Crippen LogP contribution < -0.4 is 5.73 Å². The van der Waals surface area contributed by atoms with E-state index in [1.165, 1.54) is 6.33 Å².